The number of carbonyl (C=O) groups excluding carboxylic acids is 2. The molecular weight excluding hydrogens is 330 g/mol. The first-order valence-electron chi connectivity index (χ1n) is 7.72. The summed E-state index contributed by atoms with van der Waals surface area (Å²) in [5, 5.41) is 0.334. The highest BCUT2D eigenvalue weighted by Crippen LogP contribution is 2.30. The first-order valence-corrected chi connectivity index (χ1v) is 8.54. The van der Waals surface area contributed by atoms with Gasteiger partial charge in [0.25, 0.3) is 5.56 Å². The Hall–Kier alpha value is -2.22. The zero-order valence-electron chi connectivity index (χ0n) is 14.4. The molecule has 0 fully saturated rings. The molecule has 2 N–H and O–H groups in total. The van der Waals surface area contributed by atoms with Gasteiger partial charge in [0.1, 0.15) is 21.6 Å². The van der Waals surface area contributed by atoms with E-state index >= 15 is 0 Å². The summed E-state index contributed by atoms with van der Waals surface area (Å²) in [6.07, 6.45) is 0. The fraction of sp³-hybridized carbons (Fsp3) is 0.500. The van der Waals surface area contributed by atoms with E-state index < -0.39 is 17.9 Å². The van der Waals surface area contributed by atoms with E-state index in [0.717, 1.165) is 11.3 Å². The molecule has 0 saturated heterocycles. The van der Waals surface area contributed by atoms with Crippen LogP contribution < -0.4 is 11.3 Å². The second-order valence-electron chi connectivity index (χ2n) is 5.84. The van der Waals surface area contributed by atoms with Crippen LogP contribution in [-0.4, -0.2) is 28.0 Å². The number of amides is 1. The van der Waals surface area contributed by atoms with E-state index in [0.29, 0.717) is 26.5 Å². The maximum absolute atomic E-state index is 13.0. The number of aromatic nitrogens is 2. The van der Waals surface area contributed by atoms with E-state index in [1.807, 2.05) is 13.8 Å². The summed E-state index contributed by atoms with van der Waals surface area (Å²) in [6, 6.07) is -0.822. The van der Waals surface area contributed by atoms with Gasteiger partial charge in [0.05, 0.1) is 12.0 Å². The number of hydrogen-bond acceptors (Lipinski definition) is 6. The van der Waals surface area contributed by atoms with Crippen LogP contribution in [0.3, 0.4) is 0 Å². The Balaban J connectivity index is 2.84. The molecular formula is C16H21N3O4S. The molecule has 7 nitrogen and oxygen atoms in total. The SMILES string of the molecule is CCOC(=O)c1sc2nc(C(C)C)n(C(C)C(N)=O)c(=O)c2c1C. The van der Waals surface area contributed by atoms with Crippen molar-refractivity contribution in [2.45, 2.75) is 46.6 Å². The van der Waals surface area contributed by atoms with E-state index in [9.17, 15) is 14.4 Å². The maximum Gasteiger partial charge on any atom is 0.348 e. The maximum atomic E-state index is 13.0. The van der Waals surface area contributed by atoms with Gasteiger partial charge in [0.2, 0.25) is 5.91 Å². The minimum atomic E-state index is -0.822. The third-order valence-corrected chi connectivity index (χ3v) is 4.97. The second kappa shape index (κ2) is 6.72. The Labute approximate surface area is 143 Å². The summed E-state index contributed by atoms with van der Waals surface area (Å²) in [7, 11) is 0. The molecule has 130 valence electrons. The van der Waals surface area contributed by atoms with Gasteiger partial charge in [-0.05, 0) is 26.3 Å². The monoisotopic (exact) mass is 351 g/mol. The van der Waals surface area contributed by atoms with Crippen LogP contribution in [-0.2, 0) is 9.53 Å². The number of primary amides is 1. The Kier molecular flexibility index (Phi) is 5.08. The second-order valence-corrected chi connectivity index (χ2v) is 6.83. The van der Waals surface area contributed by atoms with Crippen LogP contribution in [0.2, 0.25) is 0 Å². The highest BCUT2D eigenvalue weighted by atomic mass is 32.1. The number of hydrogen-bond donors (Lipinski definition) is 1. The number of ether oxygens (including phenoxy) is 1. The molecule has 8 heteroatoms. The van der Waals surface area contributed by atoms with Crippen LogP contribution in [0.4, 0.5) is 0 Å². The quantitative estimate of drug-likeness (QED) is 0.831. The van der Waals surface area contributed by atoms with Gasteiger partial charge in [0, 0.05) is 5.92 Å². The fourth-order valence-corrected chi connectivity index (χ4v) is 3.58. The van der Waals surface area contributed by atoms with Crippen LogP contribution in [0, 0.1) is 6.92 Å². The van der Waals surface area contributed by atoms with Crippen molar-refractivity contribution in [3.05, 3.63) is 26.6 Å². The molecule has 2 aromatic heterocycles. The van der Waals surface area contributed by atoms with Gasteiger partial charge in [-0.2, -0.15) is 0 Å². The normalized spacial score (nSPS) is 12.6. The molecule has 1 unspecified atom stereocenters. The molecule has 1 atom stereocenters. The number of fused-ring (bicyclic) bond motifs is 1. The molecule has 0 aliphatic rings. The Morgan fingerprint density at radius 2 is 1.96 bits per heavy atom. The smallest absolute Gasteiger partial charge is 0.348 e. The lowest BCUT2D eigenvalue weighted by atomic mass is 10.1. The van der Waals surface area contributed by atoms with Gasteiger partial charge in [-0.15, -0.1) is 11.3 Å². The van der Waals surface area contributed by atoms with Gasteiger partial charge in [0.15, 0.2) is 0 Å². The van der Waals surface area contributed by atoms with Crippen molar-refractivity contribution >= 4 is 33.4 Å². The first kappa shape index (κ1) is 18.1. The Morgan fingerprint density at radius 3 is 2.46 bits per heavy atom. The Bertz CT molecular complexity index is 866. The van der Waals surface area contributed by atoms with E-state index in [1.54, 1.807) is 20.8 Å². The van der Waals surface area contributed by atoms with Crippen LogP contribution in [0.5, 0.6) is 0 Å². The van der Waals surface area contributed by atoms with Crippen LogP contribution in [0.25, 0.3) is 10.2 Å². The lowest BCUT2D eigenvalue weighted by Gasteiger charge is -2.18. The lowest BCUT2D eigenvalue weighted by molar-refractivity contribution is -0.120. The van der Waals surface area contributed by atoms with Crippen molar-refractivity contribution in [1.29, 1.82) is 0 Å². The van der Waals surface area contributed by atoms with Crippen molar-refractivity contribution < 1.29 is 14.3 Å². The van der Waals surface area contributed by atoms with Crippen LogP contribution in [0.1, 0.15) is 60.7 Å². The molecule has 0 aliphatic heterocycles. The topological polar surface area (TPSA) is 104 Å². The van der Waals surface area contributed by atoms with Crippen molar-refractivity contribution in [2.24, 2.45) is 5.73 Å². The number of thiophene rings is 1. The largest absolute Gasteiger partial charge is 0.462 e. The Morgan fingerprint density at radius 1 is 1.33 bits per heavy atom. The number of esters is 1. The number of aryl methyl sites for hydroxylation is 1. The molecule has 2 heterocycles. The number of rotatable bonds is 5. The molecule has 1 amide bonds. The summed E-state index contributed by atoms with van der Waals surface area (Å²) in [5.74, 6) is -0.704. The van der Waals surface area contributed by atoms with E-state index in [2.05, 4.69) is 4.98 Å². The molecule has 0 radical (unpaired) electrons. The molecule has 0 saturated carbocycles. The number of carbonyl (C=O) groups is 2. The summed E-state index contributed by atoms with van der Waals surface area (Å²) in [5.41, 5.74) is 5.54. The summed E-state index contributed by atoms with van der Waals surface area (Å²) in [6.45, 7) is 8.98. The average molecular weight is 351 g/mol. The van der Waals surface area contributed by atoms with Crippen molar-refractivity contribution in [1.82, 2.24) is 9.55 Å². The highest BCUT2D eigenvalue weighted by Gasteiger charge is 2.26. The molecule has 2 aromatic rings. The number of nitrogens with two attached hydrogens (primary N) is 1. The standard InChI is InChI=1S/C16H21N3O4S/c1-6-23-16(22)11-8(4)10-14(24-11)18-13(7(2)3)19(15(10)21)9(5)12(17)20/h7,9H,6H2,1-5H3,(H2,17,20). The third-order valence-electron chi connectivity index (χ3n) is 3.80. The van der Waals surface area contributed by atoms with E-state index in [-0.39, 0.29) is 18.1 Å². The predicted molar refractivity (Wildman–Crippen MR) is 92.6 cm³/mol. The van der Waals surface area contributed by atoms with E-state index in [1.165, 1.54) is 4.57 Å². The van der Waals surface area contributed by atoms with Gasteiger partial charge < -0.3 is 10.5 Å². The van der Waals surface area contributed by atoms with Gasteiger partial charge in [-0.25, -0.2) is 9.78 Å². The molecule has 24 heavy (non-hydrogen) atoms. The van der Waals surface area contributed by atoms with Gasteiger partial charge >= 0.3 is 5.97 Å². The fourth-order valence-electron chi connectivity index (χ4n) is 2.51. The average Bonchev–Trinajstić information content (AvgIpc) is 2.83. The van der Waals surface area contributed by atoms with Gasteiger partial charge in [-0.3, -0.25) is 14.2 Å². The lowest BCUT2D eigenvalue weighted by Crippen LogP contribution is -2.35. The van der Waals surface area contributed by atoms with Crippen molar-refractivity contribution in [2.75, 3.05) is 6.61 Å². The molecule has 0 bridgehead atoms. The first-order chi connectivity index (χ1) is 11.2. The minimum Gasteiger partial charge on any atom is -0.462 e. The minimum absolute atomic E-state index is 0.0858. The number of nitrogens with zero attached hydrogens (tertiary/aromatic N) is 2. The third kappa shape index (κ3) is 2.93. The van der Waals surface area contributed by atoms with Crippen molar-refractivity contribution in [3.8, 4) is 0 Å². The molecule has 0 spiro atoms. The van der Waals surface area contributed by atoms with Crippen molar-refractivity contribution in [3.63, 3.8) is 0 Å². The zero-order valence-corrected chi connectivity index (χ0v) is 15.2. The molecule has 0 aliphatic carbocycles. The summed E-state index contributed by atoms with van der Waals surface area (Å²) >= 11 is 1.13. The van der Waals surface area contributed by atoms with Gasteiger partial charge in [-0.1, -0.05) is 13.8 Å². The summed E-state index contributed by atoms with van der Waals surface area (Å²) in [4.78, 5) is 42.0. The summed E-state index contributed by atoms with van der Waals surface area (Å²) < 4.78 is 6.36. The predicted octanol–water partition coefficient (Wildman–Crippen LogP) is 2.11. The van der Waals surface area contributed by atoms with Crippen LogP contribution >= 0.6 is 11.3 Å². The zero-order chi connectivity index (χ0) is 18.2. The van der Waals surface area contributed by atoms with Crippen LogP contribution in [0.15, 0.2) is 4.79 Å². The molecule has 0 aromatic carbocycles. The van der Waals surface area contributed by atoms with E-state index in [4.69, 9.17) is 10.5 Å². The molecule has 2 rings (SSSR count). The highest BCUT2D eigenvalue weighted by molar-refractivity contribution is 7.20.